The van der Waals surface area contributed by atoms with E-state index < -0.39 is 5.41 Å². The molecule has 1 aliphatic carbocycles. The number of ketones is 1. The number of carbonyl (C=O) groups is 2. The van der Waals surface area contributed by atoms with Crippen LogP contribution in [0.25, 0.3) is 0 Å². The zero-order chi connectivity index (χ0) is 18.9. The lowest BCUT2D eigenvalue weighted by Gasteiger charge is -2.16. The van der Waals surface area contributed by atoms with Crippen LogP contribution in [0.2, 0.25) is 0 Å². The van der Waals surface area contributed by atoms with Gasteiger partial charge in [0.25, 0.3) is 0 Å². The third kappa shape index (κ3) is 3.94. The molecule has 0 spiro atoms. The predicted octanol–water partition coefficient (Wildman–Crippen LogP) is 3.45. The van der Waals surface area contributed by atoms with Crippen molar-refractivity contribution in [2.45, 2.75) is 39.2 Å². The minimum atomic E-state index is -0.546. The van der Waals surface area contributed by atoms with E-state index in [9.17, 15) is 9.59 Å². The van der Waals surface area contributed by atoms with Crippen molar-refractivity contribution in [1.82, 2.24) is 5.48 Å². The van der Waals surface area contributed by atoms with E-state index in [1.807, 2.05) is 45.0 Å². The normalized spacial score (nSPS) is 19.0. The van der Waals surface area contributed by atoms with Gasteiger partial charge in [-0.2, -0.15) is 0 Å². The minimum absolute atomic E-state index is 0.0478. The molecule has 1 aliphatic rings. The number of nitrogens with one attached hydrogen (secondary N) is 1. The second-order valence-electron chi connectivity index (χ2n) is 7.74. The highest BCUT2D eigenvalue weighted by atomic mass is 16.7. The first-order valence-corrected chi connectivity index (χ1v) is 8.73. The lowest BCUT2D eigenvalue weighted by atomic mass is 9.98. The van der Waals surface area contributed by atoms with Gasteiger partial charge in [-0.15, -0.1) is 5.48 Å². The predicted molar refractivity (Wildman–Crippen MR) is 101 cm³/mol. The van der Waals surface area contributed by atoms with E-state index in [2.05, 4.69) is 5.48 Å². The minimum Gasteiger partial charge on any atom is -0.398 e. The average Bonchev–Trinajstić information content (AvgIpc) is 3.38. The van der Waals surface area contributed by atoms with Crippen LogP contribution in [0.1, 0.15) is 54.6 Å². The molecular weight excluding hydrogens is 328 g/mol. The molecule has 136 valence electrons. The van der Waals surface area contributed by atoms with Crippen molar-refractivity contribution in [3.8, 4) is 0 Å². The van der Waals surface area contributed by atoms with Gasteiger partial charge in [0.1, 0.15) is 0 Å². The van der Waals surface area contributed by atoms with Crippen LogP contribution in [-0.2, 0) is 9.63 Å². The standard InChI is InChI=1S/C21H24N2O3/c1-21(2,3)20(25)26-23-18-12-16(18)15-10-9-14(11-17(15)22)19(24)13-7-5-4-6-8-13/h4-11,16,18,23H,12,22H2,1-3H3. The maximum absolute atomic E-state index is 12.5. The van der Waals surface area contributed by atoms with Crippen LogP contribution in [0.15, 0.2) is 48.5 Å². The van der Waals surface area contributed by atoms with Gasteiger partial charge in [-0.25, -0.2) is 4.79 Å². The summed E-state index contributed by atoms with van der Waals surface area (Å²) in [4.78, 5) is 29.5. The lowest BCUT2D eigenvalue weighted by molar-refractivity contribution is -0.161. The van der Waals surface area contributed by atoms with Crippen molar-refractivity contribution in [1.29, 1.82) is 0 Å². The molecule has 5 heteroatoms. The number of hydrogen-bond acceptors (Lipinski definition) is 5. The van der Waals surface area contributed by atoms with E-state index in [0.29, 0.717) is 16.8 Å². The molecule has 2 atom stereocenters. The van der Waals surface area contributed by atoms with Crippen LogP contribution in [0, 0.1) is 5.41 Å². The first kappa shape index (κ1) is 18.1. The molecule has 0 amide bonds. The SMILES string of the molecule is CC(C)(C)C(=O)ONC1CC1c1ccc(C(=O)c2ccccc2)cc1N. The smallest absolute Gasteiger partial charge is 0.329 e. The number of hydrogen-bond donors (Lipinski definition) is 2. The Morgan fingerprint density at radius 3 is 2.38 bits per heavy atom. The van der Waals surface area contributed by atoms with Crippen molar-refractivity contribution in [3.63, 3.8) is 0 Å². The van der Waals surface area contributed by atoms with E-state index in [-0.39, 0.29) is 23.7 Å². The summed E-state index contributed by atoms with van der Waals surface area (Å²) in [5, 5.41) is 0. The summed E-state index contributed by atoms with van der Waals surface area (Å²) < 4.78 is 0. The van der Waals surface area contributed by atoms with Gasteiger partial charge in [0.05, 0.1) is 11.5 Å². The number of anilines is 1. The second-order valence-corrected chi connectivity index (χ2v) is 7.74. The average molecular weight is 352 g/mol. The molecule has 0 aromatic heterocycles. The van der Waals surface area contributed by atoms with Gasteiger partial charge >= 0.3 is 5.97 Å². The van der Waals surface area contributed by atoms with Gasteiger partial charge in [0.2, 0.25) is 0 Å². The fourth-order valence-electron chi connectivity index (χ4n) is 2.76. The monoisotopic (exact) mass is 352 g/mol. The maximum Gasteiger partial charge on any atom is 0.329 e. The highest BCUT2D eigenvalue weighted by Gasteiger charge is 2.41. The number of carbonyl (C=O) groups excluding carboxylic acids is 2. The molecule has 0 aliphatic heterocycles. The fourth-order valence-corrected chi connectivity index (χ4v) is 2.76. The van der Waals surface area contributed by atoms with Crippen LogP contribution in [0.5, 0.6) is 0 Å². The molecule has 0 saturated heterocycles. The molecule has 3 N–H and O–H groups in total. The van der Waals surface area contributed by atoms with E-state index in [1.54, 1.807) is 24.3 Å². The summed E-state index contributed by atoms with van der Waals surface area (Å²) in [5.74, 6) is -0.156. The Kier molecular flexibility index (Phi) is 4.83. The number of nitrogen functional groups attached to an aromatic ring is 1. The Labute approximate surface area is 153 Å². The van der Waals surface area contributed by atoms with E-state index in [4.69, 9.17) is 10.6 Å². The Morgan fingerprint density at radius 2 is 1.77 bits per heavy atom. The maximum atomic E-state index is 12.5. The zero-order valence-electron chi connectivity index (χ0n) is 15.3. The highest BCUT2D eigenvalue weighted by molar-refractivity contribution is 6.09. The fraction of sp³-hybridized carbons (Fsp3) is 0.333. The topological polar surface area (TPSA) is 81.4 Å². The van der Waals surface area contributed by atoms with E-state index in [0.717, 1.165) is 12.0 Å². The number of nitrogens with two attached hydrogens (primary N) is 1. The van der Waals surface area contributed by atoms with Crippen molar-refractivity contribution in [2.75, 3.05) is 5.73 Å². The lowest BCUT2D eigenvalue weighted by Crippen LogP contribution is -2.31. The van der Waals surface area contributed by atoms with Crippen LogP contribution in [0.4, 0.5) is 5.69 Å². The molecule has 0 bridgehead atoms. The molecule has 2 unspecified atom stereocenters. The number of benzene rings is 2. The second kappa shape index (κ2) is 6.92. The summed E-state index contributed by atoms with van der Waals surface area (Å²) >= 11 is 0. The largest absolute Gasteiger partial charge is 0.398 e. The molecule has 5 nitrogen and oxygen atoms in total. The van der Waals surface area contributed by atoms with Gasteiger partial charge in [0, 0.05) is 22.7 Å². The van der Waals surface area contributed by atoms with Gasteiger partial charge in [-0.1, -0.05) is 42.5 Å². The zero-order valence-corrected chi connectivity index (χ0v) is 15.3. The summed E-state index contributed by atoms with van der Waals surface area (Å²) in [5.41, 5.74) is 11.2. The Bertz CT molecular complexity index is 825. The van der Waals surface area contributed by atoms with Crippen LogP contribution in [-0.4, -0.2) is 17.8 Å². The summed E-state index contributed by atoms with van der Waals surface area (Å²) in [7, 11) is 0. The molecule has 2 aromatic rings. The molecule has 0 radical (unpaired) electrons. The number of rotatable bonds is 5. The molecular formula is C21H24N2O3. The summed E-state index contributed by atoms with van der Waals surface area (Å²) in [6.45, 7) is 5.42. The summed E-state index contributed by atoms with van der Waals surface area (Å²) in [6.07, 6.45) is 0.841. The van der Waals surface area contributed by atoms with E-state index in [1.165, 1.54) is 0 Å². The molecule has 2 aromatic carbocycles. The molecule has 1 fully saturated rings. The third-order valence-electron chi connectivity index (χ3n) is 4.49. The Morgan fingerprint density at radius 1 is 1.08 bits per heavy atom. The summed E-state index contributed by atoms with van der Waals surface area (Å²) in [6, 6.07) is 14.6. The van der Waals surface area contributed by atoms with Crippen molar-refractivity contribution in [3.05, 3.63) is 65.2 Å². The molecule has 1 saturated carbocycles. The van der Waals surface area contributed by atoms with E-state index >= 15 is 0 Å². The third-order valence-corrected chi connectivity index (χ3v) is 4.49. The van der Waals surface area contributed by atoms with Gasteiger partial charge in [0.15, 0.2) is 5.78 Å². The molecule has 3 rings (SSSR count). The van der Waals surface area contributed by atoms with Crippen molar-refractivity contribution < 1.29 is 14.4 Å². The van der Waals surface area contributed by atoms with Gasteiger partial charge < -0.3 is 10.6 Å². The van der Waals surface area contributed by atoms with Crippen molar-refractivity contribution in [2.24, 2.45) is 5.41 Å². The van der Waals surface area contributed by atoms with Gasteiger partial charge in [-0.3, -0.25) is 4.79 Å². The Hall–Kier alpha value is -2.66. The first-order chi connectivity index (χ1) is 12.3. The Balaban J connectivity index is 1.64. The van der Waals surface area contributed by atoms with Gasteiger partial charge in [-0.05, 0) is 38.8 Å². The van der Waals surface area contributed by atoms with Crippen LogP contribution < -0.4 is 11.2 Å². The quantitative estimate of drug-likeness (QED) is 0.489. The van der Waals surface area contributed by atoms with Crippen LogP contribution >= 0.6 is 0 Å². The highest BCUT2D eigenvalue weighted by Crippen LogP contribution is 2.43. The number of hydroxylamine groups is 1. The first-order valence-electron chi connectivity index (χ1n) is 8.73. The van der Waals surface area contributed by atoms with Crippen LogP contribution in [0.3, 0.4) is 0 Å². The molecule has 0 heterocycles. The molecule has 26 heavy (non-hydrogen) atoms. The van der Waals surface area contributed by atoms with Crippen molar-refractivity contribution >= 4 is 17.4 Å².